The first kappa shape index (κ1) is 21.9. The fourth-order valence-electron chi connectivity index (χ4n) is 3.94. The van der Waals surface area contributed by atoms with E-state index in [4.69, 9.17) is 11.6 Å². The van der Waals surface area contributed by atoms with E-state index in [1.165, 1.54) is 16.6 Å². The minimum Gasteiger partial charge on any atom is -0.393 e. The number of aliphatic hydroxyl groups excluding tert-OH is 1. The summed E-state index contributed by atoms with van der Waals surface area (Å²) in [5.41, 5.74) is 2.43. The Balaban J connectivity index is 1.56. The van der Waals surface area contributed by atoms with Crippen LogP contribution in [-0.4, -0.2) is 55.9 Å². The molecule has 31 heavy (non-hydrogen) atoms. The molecule has 2 aromatic rings. The number of aliphatic hydroxyl groups is 1. The monoisotopic (exact) mass is 464 g/mol. The number of sulfonamides is 1. The zero-order chi connectivity index (χ0) is 22.2. The van der Waals surface area contributed by atoms with E-state index in [2.05, 4.69) is 15.2 Å². The maximum atomic E-state index is 13.0. The van der Waals surface area contributed by atoms with Crippen molar-refractivity contribution in [3.05, 3.63) is 46.6 Å². The van der Waals surface area contributed by atoms with Gasteiger partial charge in [0.05, 0.1) is 11.9 Å². The van der Waals surface area contributed by atoms with Crippen molar-refractivity contribution in [3.8, 4) is 0 Å². The Morgan fingerprint density at radius 2 is 1.94 bits per heavy atom. The maximum absolute atomic E-state index is 13.0. The first-order valence-electron chi connectivity index (χ1n) is 10.2. The molecule has 0 atom stereocenters. The van der Waals surface area contributed by atoms with Crippen LogP contribution in [0, 0.1) is 6.92 Å². The summed E-state index contributed by atoms with van der Waals surface area (Å²) in [5, 5.41) is 13.1. The Morgan fingerprint density at radius 3 is 2.61 bits per heavy atom. The molecule has 1 aromatic carbocycles. The molecule has 10 heteroatoms. The average molecular weight is 465 g/mol. The second kappa shape index (κ2) is 8.64. The lowest BCUT2D eigenvalue weighted by Gasteiger charge is -2.31. The molecular formula is C21H25ClN4O4S. The number of hydrogen-bond donors (Lipinski definition) is 2. The molecule has 2 saturated heterocycles. The predicted molar refractivity (Wildman–Crippen MR) is 122 cm³/mol. The van der Waals surface area contributed by atoms with Gasteiger partial charge in [-0.2, -0.15) is 0 Å². The van der Waals surface area contributed by atoms with E-state index >= 15 is 0 Å². The molecule has 1 amide bonds. The molecule has 0 aliphatic carbocycles. The van der Waals surface area contributed by atoms with Crippen LogP contribution in [0.2, 0.25) is 5.02 Å². The Bertz CT molecular complexity index is 1100. The van der Waals surface area contributed by atoms with E-state index in [-0.39, 0.29) is 23.6 Å². The molecule has 0 bridgehead atoms. The second-order valence-corrected chi connectivity index (χ2v) is 10.4. The van der Waals surface area contributed by atoms with Crippen molar-refractivity contribution in [2.24, 2.45) is 0 Å². The van der Waals surface area contributed by atoms with Crippen LogP contribution in [0.4, 0.5) is 17.2 Å². The quantitative estimate of drug-likeness (QED) is 0.721. The van der Waals surface area contributed by atoms with Crippen molar-refractivity contribution in [1.29, 1.82) is 0 Å². The van der Waals surface area contributed by atoms with Crippen LogP contribution in [0.5, 0.6) is 0 Å². The van der Waals surface area contributed by atoms with Crippen molar-refractivity contribution in [1.82, 2.24) is 4.98 Å². The average Bonchev–Trinajstić information content (AvgIpc) is 3.07. The summed E-state index contributed by atoms with van der Waals surface area (Å²) in [5.74, 6) is -0.0185. The fourth-order valence-corrected chi connectivity index (χ4v) is 5.68. The highest BCUT2D eigenvalue weighted by Crippen LogP contribution is 2.29. The highest BCUT2D eigenvalue weighted by atomic mass is 35.5. The lowest BCUT2D eigenvalue weighted by molar-refractivity contribution is 0.102. The van der Waals surface area contributed by atoms with Crippen LogP contribution in [-0.2, 0) is 10.0 Å². The number of anilines is 3. The Morgan fingerprint density at radius 1 is 1.19 bits per heavy atom. The third kappa shape index (κ3) is 4.78. The highest BCUT2D eigenvalue weighted by molar-refractivity contribution is 7.93. The summed E-state index contributed by atoms with van der Waals surface area (Å²) < 4.78 is 25.7. The lowest BCUT2D eigenvalue weighted by Crippen LogP contribution is -2.35. The number of nitrogens with zero attached hydrogens (tertiary/aromatic N) is 3. The third-order valence-electron chi connectivity index (χ3n) is 5.66. The van der Waals surface area contributed by atoms with Gasteiger partial charge in [-0.1, -0.05) is 11.6 Å². The van der Waals surface area contributed by atoms with Gasteiger partial charge in [0.1, 0.15) is 5.82 Å². The largest absolute Gasteiger partial charge is 0.393 e. The first-order valence-corrected chi connectivity index (χ1v) is 12.2. The van der Waals surface area contributed by atoms with Crippen molar-refractivity contribution in [3.63, 3.8) is 0 Å². The summed E-state index contributed by atoms with van der Waals surface area (Å²) in [4.78, 5) is 19.4. The molecule has 2 aliphatic rings. The molecule has 4 rings (SSSR count). The number of benzene rings is 1. The van der Waals surface area contributed by atoms with Gasteiger partial charge in [-0.3, -0.25) is 9.10 Å². The number of carbonyl (C=O) groups excluding carboxylic acids is 1. The fraction of sp³-hybridized carbons (Fsp3) is 0.429. The molecule has 2 N–H and O–H groups in total. The summed E-state index contributed by atoms with van der Waals surface area (Å²) in [6.45, 7) is 3.55. The summed E-state index contributed by atoms with van der Waals surface area (Å²) >= 11 is 6.29. The molecule has 166 valence electrons. The normalized spacial score (nSPS) is 18.9. The smallest absolute Gasteiger partial charge is 0.256 e. The molecule has 3 heterocycles. The highest BCUT2D eigenvalue weighted by Gasteiger charge is 2.30. The van der Waals surface area contributed by atoms with E-state index < -0.39 is 10.0 Å². The molecule has 0 radical (unpaired) electrons. The van der Waals surface area contributed by atoms with Crippen LogP contribution in [0.3, 0.4) is 0 Å². The van der Waals surface area contributed by atoms with Crippen molar-refractivity contribution < 1.29 is 18.3 Å². The standard InChI is InChI=1S/C21H25ClN4O4S/c1-14-13-23-20(26-5-2-8-31(26,29)30)12-19(14)21(28)24-16-9-15(22)10-17(11-16)25-6-3-18(27)4-7-25/h9-13,18,27H,2-8H2,1H3,(H,24,28). The van der Waals surface area contributed by atoms with Gasteiger partial charge >= 0.3 is 0 Å². The van der Waals surface area contributed by atoms with E-state index in [9.17, 15) is 18.3 Å². The maximum Gasteiger partial charge on any atom is 0.256 e. The number of pyridine rings is 1. The van der Waals surface area contributed by atoms with Gasteiger partial charge in [0.15, 0.2) is 0 Å². The number of amides is 1. The Kier molecular flexibility index (Phi) is 6.09. The summed E-state index contributed by atoms with van der Waals surface area (Å²) in [6.07, 6.45) is 3.15. The zero-order valence-electron chi connectivity index (χ0n) is 17.2. The summed E-state index contributed by atoms with van der Waals surface area (Å²) in [7, 11) is -3.38. The SMILES string of the molecule is Cc1cnc(N2CCCS2(=O)=O)cc1C(=O)Nc1cc(Cl)cc(N2CCC(O)CC2)c1. The van der Waals surface area contributed by atoms with Crippen molar-refractivity contribution in [2.75, 3.05) is 39.9 Å². The topological polar surface area (TPSA) is 103 Å². The van der Waals surface area contributed by atoms with E-state index in [0.29, 0.717) is 60.7 Å². The number of piperidine rings is 1. The second-order valence-electron chi connectivity index (χ2n) is 7.97. The van der Waals surface area contributed by atoms with Gasteiger partial charge in [0.2, 0.25) is 10.0 Å². The molecule has 2 fully saturated rings. The van der Waals surface area contributed by atoms with E-state index in [0.717, 1.165) is 5.69 Å². The number of nitrogens with one attached hydrogen (secondary N) is 1. The van der Waals surface area contributed by atoms with Crippen molar-refractivity contribution >= 4 is 44.7 Å². The van der Waals surface area contributed by atoms with E-state index in [1.807, 2.05) is 12.1 Å². The van der Waals surface area contributed by atoms with Gasteiger partial charge in [0.25, 0.3) is 5.91 Å². The lowest BCUT2D eigenvalue weighted by atomic mass is 10.1. The van der Waals surface area contributed by atoms with Gasteiger partial charge in [-0.25, -0.2) is 13.4 Å². The van der Waals surface area contributed by atoms with Gasteiger partial charge in [-0.15, -0.1) is 0 Å². The molecule has 0 unspecified atom stereocenters. The number of hydrogen-bond acceptors (Lipinski definition) is 6. The number of carbonyl (C=O) groups is 1. The molecular weight excluding hydrogens is 440 g/mol. The van der Waals surface area contributed by atoms with Crippen LogP contribution < -0.4 is 14.5 Å². The van der Waals surface area contributed by atoms with Gasteiger partial charge in [0, 0.05) is 47.8 Å². The van der Waals surface area contributed by atoms with Crippen LogP contribution in [0.25, 0.3) is 0 Å². The van der Waals surface area contributed by atoms with E-state index in [1.54, 1.807) is 13.0 Å². The number of halogens is 1. The number of rotatable bonds is 4. The van der Waals surface area contributed by atoms with Crippen LogP contribution in [0.1, 0.15) is 35.2 Å². The Hall–Kier alpha value is -2.36. The Labute approximate surface area is 186 Å². The third-order valence-corrected chi connectivity index (χ3v) is 7.72. The van der Waals surface area contributed by atoms with Crippen molar-refractivity contribution in [2.45, 2.75) is 32.3 Å². The zero-order valence-corrected chi connectivity index (χ0v) is 18.8. The van der Waals surface area contributed by atoms with Gasteiger partial charge in [-0.05, 0) is 56.0 Å². The molecule has 1 aromatic heterocycles. The summed E-state index contributed by atoms with van der Waals surface area (Å²) in [6, 6.07) is 6.88. The molecule has 8 nitrogen and oxygen atoms in total. The number of aromatic nitrogens is 1. The minimum absolute atomic E-state index is 0.0862. The number of aryl methyl sites for hydroxylation is 1. The molecule has 0 spiro atoms. The van der Waals surface area contributed by atoms with Crippen LogP contribution in [0.15, 0.2) is 30.5 Å². The first-order chi connectivity index (χ1) is 14.7. The molecule has 2 aliphatic heterocycles. The predicted octanol–water partition coefficient (Wildman–Crippen LogP) is 2.80. The van der Waals surface area contributed by atoms with Crippen LogP contribution >= 0.6 is 11.6 Å². The molecule has 0 saturated carbocycles. The van der Waals surface area contributed by atoms with Gasteiger partial charge < -0.3 is 15.3 Å². The minimum atomic E-state index is -3.38.